The van der Waals surface area contributed by atoms with E-state index in [4.69, 9.17) is 0 Å². The molecular formula is C24H27N3O5S. The molecule has 0 saturated carbocycles. The van der Waals surface area contributed by atoms with Gasteiger partial charge in [0.2, 0.25) is 21.8 Å². The summed E-state index contributed by atoms with van der Waals surface area (Å²) >= 11 is 0. The summed E-state index contributed by atoms with van der Waals surface area (Å²) < 4.78 is 28.0. The van der Waals surface area contributed by atoms with Gasteiger partial charge in [-0.2, -0.15) is 4.31 Å². The van der Waals surface area contributed by atoms with Gasteiger partial charge in [-0.05, 0) is 56.2 Å². The van der Waals surface area contributed by atoms with Crippen molar-refractivity contribution in [2.75, 3.05) is 31.1 Å². The summed E-state index contributed by atoms with van der Waals surface area (Å²) in [6.07, 6.45) is 0.405. The largest absolute Gasteiger partial charge is 0.336 e. The number of benzene rings is 2. The van der Waals surface area contributed by atoms with Gasteiger partial charge < -0.3 is 4.90 Å². The van der Waals surface area contributed by atoms with Crippen LogP contribution in [0.1, 0.15) is 39.9 Å². The number of anilines is 1. The van der Waals surface area contributed by atoms with Crippen LogP contribution in [0.15, 0.2) is 41.3 Å². The van der Waals surface area contributed by atoms with Crippen molar-refractivity contribution in [3.63, 3.8) is 0 Å². The minimum Gasteiger partial charge on any atom is -0.336 e. The zero-order chi connectivity index (χ0) is 23.9. The number of rotatable bonds is 4. The number of hydrogen-bond donors (Lipinski definition) is 0. The van der Waals surface area contributed by atoms with Crippen LogP contribution < -0.4 is 4.90 Å². The summed E-state index contributed by atoms with van der Waals surface area (Å²) in [6, 6.07) is 10.1. The number of carbonyl (C=O) groups is 3. The van der Waals surface area contributed by atoms with Crippen molar-refractivity contribution in [3.05, 3.63) is 58.7 Å². The lowest BCUT2D eigenvalue weighted by atomic mass is 10.1. The van der Waals surface area contributed by atoms with E-state index in [2.05, 4.69) is 0 Å². The highest BCUT2D eigenvalue weighted by Gasteiger charge is 2.33. The van der Waals surface area contributed by atoms with Crippen LogP contribution in [0, 0.1) is 20.8 Å². The van der Waals surface area contributed by atoms with E-state index in [9.17, 15) is 22.8 Å². The van der Waals surface area contributed by atoms with Crippen LogP contribution in [0.2, 0.25) is 0 Å². The number of aryl methyl sites for hydroxylation is 3. The monoisotopic (exact) mass is 469 g/mol. The van der Waals surface area contributed by atoms with Crippen molar-refractivity contribution in [2.45, 2.75) is 38.5 Å². The molecule has 0 atom stereocenters. The lowest BCUT2D eigenvalue weighted by Crippen LogP contribution is -2.50. The Labute approximate surface area is 193 Å². The van der Waals surface area contributed by atoms with Gasteiger partial charge in [-0.3, -0.25) is 19.3 Å². The highest BCUT2D eigenvalue weighted by Crippen LogP contribution is 2.27. The molecule has 2 fully saturated rings. The Kier molecular flexibility index (Phi) is 6.11. The Morgan fingerprint density at radius 2 is 1.33 bits per heavy atom. The van der Waals surface area contributed by atoms with Crippen molar-refractivity contribution < 1.29 is 22.8 Å². The predicted molar refractivity (Wildman–Crippen MR) is 123 cm³/mol. The third-order valence-corrected chi connectivity index (χ3v) is 8.36. The number of amides is 3. The number of nitrogens with zero attached hydrogens (tertiary/aromatic N) is 3. The summed E-state index contributed by atoms with van der Waals surface area (Å²) in [6.45, 7) is 6.55. The molecule has 0 bridgehead atoms. The normalized spacial score (nSPS) is 17.7. The van der Waals surface area contributed by atoms with Crippen LogP contribution in [0.4, 0.5) is 5.69 Å². The molecule has 2 aromatic carbocycles. The molecule has 4 rings (SSSR count). The van der Waals surface area contributed by atoms with Gasteiger partial charge in [-0.1, -0.05) is 17.7 Å². The molecule has 174 valence electrons. The SMILES string of the molecule is Cc1cc(C)c(S(=O)(=O)N2CCN(C(=O)c3ccc(N4C(=O)CCC4=O)cc3)CC2)c(C)c1. The first-order valence-electron chi connectivity index (χ1n) is 10.9. The Balaban J connectivity index is 1.44. The van der Waals surface area contributed by atoms with Crippen LogP contribution in [0.25, 0.3) is 0 Å². The van der Waals surface area contributed by atoms with Crippen molar-refractivity contribution in [1.82, 2.24) is 9.21 Å². The summed E-state index contributed by atoms with van der Waals surface area (Å²) in [5.41, 5.74) is 3.35. The molecule has 0 N–H and O–H groups in total. The molecule has 0 aromatic heterocycles. The fourth-order valence-corrected chi connectivity index (χ4v) is 6.47. The van der Waals surface area contributed by atoms with Gasteiger partial charge in [0.25, 0.3) is 5.91 Å². The zero-order valence-electron chi connectivity index (χ0n) is 19.0. The fourth-order valence-electron chi connectivity index (χ4n) is 4.63. The minimum absolute atomic E-state index is 0.203. The molecule has 2 aliphatic heterocycles. The van der Waals surface area contributed by atoms with Crippen LogP contribution in [0.5, 0.6) is 0 Å². The quantitative estimate of drug-likeness (QED) is 0.641. The average Bonchev–Trinajstić information content (AvgIpc) is 3.10. The molecule has 8 nitrogen and oxygen atoms in total. The predicted octanol–water partition coefficient (Wildman–Crippen LogP) is 2.41. The van der Waals surface area contributed by atoms with Crippen molar-refractivity contribution in [2.24, 2.45) is 0 Å². The van der Waals surface area contributed by atoms with Gasteiger partial charge in [0.05, 0.1) is 10.6 Å². The molecule has 0 spiro atoms. The number of sulfonamides is 1. The van der Waals surface area contributed by atoms with Gasteiger partial charge in [0.1, 0.15) is 0 Å². The molecule has 2 aromatic rings. The lowest BCUT2D eigenvalue weighted by molar-refractivity contribution is -0.121. The van der Waals surface area contributed by atoms with Gasteiger partial charge in [0.15, 0.2) is 0 Å². The number of piperazine rings is 1. The van der Waals surface area contributed by atoms with E-state index in [1.165, 1.54) is 4.31 Å². The number of imide groups is 1. The smallest absolute Gasteiger partial charge is 0.253 e. The summed E-state index contributed by atoms with van der Waals surface area (Å²) in [7, 11) is -3.65. The molecule has 2 aliphatic rings. The first-order chi connectivity index (χ1) is 15.6. The Hall–Kier alpha value is -3.04. The molecular weight excluding hydrogens is 442 g/mol. The Morgan fingerprint density at radius 3 is 1.85 bits per heavy atom. The second kappa shape index (κ2) is 8.72. The Bertz CT molecular complexity index is 1190. The van der Waals surface area contributed by atoms with E-state index in [0.29, 0.717) is 16.1 Å². The molecule has 33 heavy (non-hydrogen) atoms. The highest BCUT2D eigenvalue weighted by molar-refractivity contribution is 7.89. The first-order valence-corrected chi connectivity index (χ1v) is 12.4. The standard InChI is InChI=1S/C24H27N3O5S/c1-16-14-17(2)23(18(3)15-16)33(31,32)26-12-10-25(11-13-26)24(30)19-4-6-20(7-5-19)27-21(28)8-9-22(27)29/h4-7,14-15H,8-13H2,1-3H3. The van der Waals surface area contributed by atoms with E-state index < -0.39 is 10.0 Å². The third kappa shape index (κ3) is 4.30. The van der Waals surface area contributed by atoms with Gasteiger partial charge in [-0.15, -0.1) is 0 Å². The molecule has 9 heteroatoms. The van der Waals surface area contributed by atoms with E-state index in [0.717, 1.165) is 21.6 Å². The maximum absolute atomic E-state index is 13.3. The van der Waals surface area contributed by atoms with E-state index in [-0.39, 0.29) is 56.7 Å². The first kappa shape index (κ1) is 23.1. The maximum Gasteiger partial charge on any atom is 0.253 e. The van der Waals surface area contributed by atoms with Crippen molar-refractivity contribution in [1.29, 1.82) is 0 Å². The van der Waals surface area contributed by atoms with Gasteiger partial charge >= 0.3 is 0 Å². The van der Waals surface area contributed by atoms with Gasteiger partial charge in [0, 0.05) is 44.6 Å². The highest BCUT2D eigenvalue weighted by atomic mass is 32.2. The van der Waals surface area contributed by atoms with Crippen LogP contribution in [0.3, 0.4) is 0 Å². The maximum atomic E-state index is 13.3. The molecule has 0 unspecified atom stereocenters. The lowest BCUT2D eigenvalue weighted by Gasteiger charge is -2.34. The molecule has 3 amide bonds. The van der Waals surface area contributed by atoms with Crippen LogP contribution in [-0.2, 0) is 19.6 Å². The minimum atomic E-state index is -3.65. The number of hydrogen-bond acceptors (Lipinski definition) is 5. The second-order valence-corrected chi connectivity index (χ2v) is 10.5. The molecule has 2 heterocycles. The molecule has 2 saturated heterocycles. The average molecular weight is 470 g/mol. The van der Waals surface area contributed by atoms with Crippen LogP contribution >= 0.6 is 0 Å². The van der Waals surface area contributed by atoms with E-state index in [1.54, 1.807) is 43.0 Å². The van der Waals surface area contributed by atoms with Crippen molar-refractivity contribution in [3.8, 4) is 0 Å². The molecule has 0 aliphatic carbocycles. The van der Waals surface area contributed by atoms with E-state index >= 15 is 0 Å². The number of carbonyl (C=O) groups excluding carboxylic acids is 3. The Morgan fingerprint density at radius 1 is 0.818 bits per heavy atom. The summed E-state index contributed by atoms with van der Waals surface area (Å²) in [5, 5.41) is 0. The third-order valence-electron chi connectivity index (χ3n) is 6.15. The molecule has 0 radical (unpaired) electrons. The summed E-state index contributed by atoms with van der Waals surface area (Å²) in [5.74, 6) is -0.689. The second-order valence-electron chi connectivity index (χ2n) is 8.59. The fraction of sp³-hybridized carbons (Fsp3) is 0.375. The zero-order valence-corrected chi connectivity index (χ0v) is 19.8. The topological polar surface area (TPSA) is 95.1 Å². The van der Waals surface area contributed by atoms with Crippen LogP contribution in [-0.4, -0.2) is 61.5 Å². The van der Waals surface area contributed by atoms with Crippen molar-refractivity contribution >= 4 is 33.4 Å². The summed E-state index contributed by atoms with van der Waals surface area (Å²) in [4.78, 5) is 39.9. The van der Waals surface area contributed by atoms with Gasteiger partial charge in [-0.25, -0.2) is 8.42 Å². The van der Waals surface area contributed by atoms with E-state index in [1.807, 2.05) is 19.1 Å².